The Hall–Kier alpha value is -1.63. The molecular weight excluding hydrogens is 176 g/mol. The molecule has 0 radical (unpaired) electrons. The van der Waals surface area contributed by atoms with Crippen LogP contribution >= 0.6 is 0 Å². The van der Waals surface area contributed by atoms with Crippen molar-refractivity contribution in [3.8, 4) is 11.8 Å². The van der Waals surface area contributed by atoms with Gasteiger partial charge in [-0.1, -0.05) is 0 Å². The van der Waals surface area contributed by atoms with Crippen molar-refractivity contribution in [1.29, 1.82) is 5.26 Å². The van der Waals surface area contributed by atoms with E-state index in [1.165, 1.54) is 18.2 Å². The van der Waals surface area contributed by atoms with Crippen LogP contribution in [0.2, 0.25) is 0 Å². The predicted octanol–water partition coefficient (Wildman–Crippen LogP) is 2.24. The van der Waals surface area contributed by atoms with E-state index in [0.29, 0.717) is 0 Å². The first-order chi connectivity index (χ1) is 6.20. The van der Waals surface area contributed by atoms with Gasteiger partial charge in [-0.25, -0.2) is 4.39 Å². The molecule has 0 aliphatic rings. The number of nitrogens with zero attached hydrogens (tertiary/aromatic N) is 1. The fourth-order valence-electron chi connectivity index (χ4n) is 0.885. The molecule has 0 aromatic heterocycles. The highest BCUT2D eigenvalue weighted by molar-refractivity contribution is 5.37. The molecule has 0 atom stereocenters. The molecule has 2 nitrogen and oxygen atoms in total. The Bertz CT molecular complexity index is 357. The van der Waals surface area contributed by atoms with Crippen LogP contribution in [-0.2, 0) is 0 Å². The molecule has 0 saturated heterocycles. The van der Waals surface area contributed by atoms with Crippen molar-refractivity contribution >= 4 is 0 Å². The van der Waals surface area contributed by atoms with E-state index in [-0.39, 0.29) is 17.9 Å². The number of hydrogen-bond donors (Lipinski definition) is 0. The zero-order valence-electron chi connectivity index (χ0n) is 6.97. The van der Waals surface area contributed by atoms with Crippen LogP contribution in [0.5, 0.6) is 5.75 Å². The third-order valence-corrected chi connectivity index (χ3v) is 1.47. The second-order valence-electron chi connectivity index (χ2n) is 2.28. The van der Waals surface area contributed by atoms with E-state index >= 15 is 0 Å². The summed E-state index contributed by atoms with van der Waals surface area (Å²) in [4.78, 5) is 0. The zero-order chi connectivity index (χ0) is 9.84. The molecule has 0 fully saturated rings. The van der Waals surface area contributed by atoms with Crippen molar-refractivity contribution in [2.45, 2.75) is 6.92 Å². The maximum Gasteiger partial charge on any atom is 0.201 e. The summed E-state index contributed by atoms with van der Waals surface area (Å²) in [5.41, 5.74) is -0.319. The summed E-state index contributed by atoms with van der Waals surface area (Å²) in [7, 11) is 0. The summed E-state index contributed by atoms with van der Waals surface area (Å²) in [6.07, 6.45) is 0. The molecule has 0 bridgehead atoms. The summed E-state index contributed by atoms with van der Waals surface area (Å²) < 4.78 is 30.7. The summed E-state index contributed by atoms with van der Waals surface area (Å²) in [5.74, 6) is -2.44. The summed E-state index contributed by atoms with van der Waals surface area (Å²) in [5, 5.41) is 8.37. The second kappa shape index (κ2) is 3.85. The average molecular weight is 183 g/mol. The van der Waals surface area contributed by atoms with Gasteiger partial charge in [-0.3, -0.25) is 0 Å². The van der Waals surface area contributed by atoms with Gasteiger partial charge in [0.05, 0.1) is 12.2 Å². The molecule has 13 heavy (non-hydrogen) atoms. The molecule has 0 heterocycles. The van der Waals surface area contributed by atoms with Crippen LogP contribution in [-0.4, -0.2) is 6.61 Å². The molecule has 0 spiro atoms. The first kappa shape index (κ1) is 9.46. The van der Waals surface area contributed by atoms with Crippen LogP contribution in [0.25, 0.3) is 0 Å². The van der Waals surface area contributed by atoms with Gasteiger partial charge < -0.3 is 4.74 Å². The van der Waals surface area contributed by atoms with Gasteiger partial charge in [0, 0.05) is 0 Å². The minimum Gasteiger partial charge on any atom is -0.491 e. The minimum atomic E-state index is -1.16. The van der Waals surface area contributed by atoms with Gasteiger partial charge in [-0.05, 0) is 19.1 Å². The van der Waals surface area contributed by atoms with Gasteiger partial charge in [-0.2, -0.15) is 9.65 Å². The molecular formula is C9H7F2NO. The van der Waals surface area contributed by atoms with E-state index in [4.69, 9.17) is 10.00 Å². The van der Waals surface area contributed by atoms with Crippen molar-refractivity contribution in [2.24, 2.45) is 0 Å². The summed E-state index contributed by atoms with van der Waals surface area (Å²) >= 11 is 0. The Morgan fingerprint density at radius 3 is 2.62 bits per heavy atom. The van der Waals surface area contributed by atoms with Crippen LogP contribution in [0.4, 0.5) is 8.78 Å². The molecule has 68 valence electrons. The molecule has 0 aliphatic carbocycles. The Morgan fingerprint density at radius 1 is 1.38 bits per heavy atom. The third-order valence-electron chi connectivity index (χ3n) is 1.47. The van der Waals surface area contributed by atoms with Gasteiger partial charge in [0.1, 0.15) is 6.07 Å². The first-order valence-electron chi connectivity index (χ1n) is 3.71. The topological polar surface area (TPSA) is 33.0 Å². The molecule has 1 aromatic rings. The van der Waals surface area contributed by atoms with Crippen molar-refractivity contribution in [3.05, 3.63) is 29.3 Å². The van der Waals surface area contributed by atoms with Crippen LogP contribution in [0.1, 0.15) is 12.5 Å². The standard InChI is InChI=1S/C9H7F2NO/c1-2-13-7-4-3-6(5-12)8(10)9(7)11/h3-4H,2H2,1H3. The average Bonchev–Trinajstić information content (AvgIpc) is 2.14. The largest absolute Gasteiger partial charge is 0.491 e. The van der Waals surface area contributed by atoms with Gasteiger partial charge in [0.25, 0.3) is 0 Å². The molecule has 0 unspecified atom stereocenters. The smallest absolute Gasteiger partial charge is 0.201 e. The fraction of sp³-hybridized carbons (Fsp3) is 0.222. The zero-order valence-corrected chi connectivity index (χ0v) is 6.97. The highest BCUT2D eigenvalue weighted by Crippen LogP contribution is 2.21. The Labute approximate surface area is 74.4 Å². The van der Waals surface area contributed by atoms with Crippen molar-refractivity contribution in [1.82, 2.24) is 0 Å². The third kappa shape index (κ3) is 1.75. The fourth-order valence-corrected chi connectivity index (χ4v) is 0.885. The summed E-state index contributed by atoms with van der Waals surface area (Å²) in [6.45, 7) is 1.91. The van der Waals surface area contributed by atoms with Crippen molar-refractivity contribution < 1.29 is 13.5 Å². The van der Waals surface area contributed by atoms with Crippen molar-refractivity contribution in [3.63, 3.8) is 0 Å². The van der Waals surface area contributed by atoms with Crippen LogP contribution in [0, 0.1) is 23.0 Å². The number of hydrogen-bond acceptors (Lipinski definition) is 2. The lowest BCUT2D eigenvalue weighted by molar-refractivity contribution is 0.314. The predicted molar refractivity (Wildman–Crippen MR) is 42.2 cm³/mol. The second-order valence-corrected chi connectivity index (χ2v) is 2.28. The van der Waals surface area contributed by atoms with Gasteiger partial charge in [-0.15, -0.1) is 0 Å². The first-order valence-corrected chi connectivity index (χ1v) is 3.71. The van der Waals surface area contributed by atoms with E-state index in [9.17, 15) is 8.78 Å². The van der Waals surface area contributed by atoms with E-state index in [1.54, 1.807) is 6.92 Å². The minimum absolute atomic E-state index is 0.168. The van der Waals surface area contributed by atoms with Gasteiger partial charge >= 0.3 is 0 Å². The SMILES string of the molecule is CCOc1ccc(C#N)c(F)c1F. The monoisotopic (exact) mass is 183 g/mol. The van der Waals surface area contributed by atoms with E-state index in [1.807, 2.05) is 0 Å². The maximum atomic E-state index is 13.0. The molecule has 0 N–H and O–H groups in total. The van der Waals surface area contributed by atoms with Crippen molar-refractivity contribution in [2.75, 3.05) is 6.61 Å². The summed E-state index contributed by atoms with van der Waals surface area (Å²) in [6, 6.07) is 3.96. The molecule has 1 rings (SSSR count). The van der Waals surface area contributed by atoms with E-state index in [0.717, 1.165) is 0 Å². The number of benzene rings is 1. The molecule has 0 amide bonds. The Balaban J connectivity index is 3.17. The normalized spacial score (nSPS) is 9.38. The van der Waals surface area contributed by atoms with Gasteiger partial charge in [0.15, 0.2) is 11.6 Å². The maximum absolute atomic E-state index is 13.0. The highest BCUT2D eigenvalue weighted by atomic mass is 19.2. The van der Waals surface area contributed by atoms with E-state index in [2.05, 4.69) is 0 Å². The number of halogens is 2. The molecule has 0 aliphatic heterocycles. The molecule has 4 heteroatoms. The quantitative estimate of drug-likeness (QED) is 0.704. The lowest BCUT2D eigenvalue weighted by Gasteiger charge is -2.04. The Morgan fingerprint density at radius 2 is 2.08 bits per heavy atom. The number of nitriles is 1. The number of rotatable bonds is 2. The highest BCUT2D eigenvalue weighted by Gasteiger charge is 2.13. The van der Waals surface area contributed by atoms with Gasteiger partial charge in [0.2, 0.25) is 5.82 Å². The Kier molecular flexibility index (Phi) is 2.80. The number of ether oxygens (including phenoxy) is 1. The van der Waals surface area contributed by atoms with Crippen LogP contribution < -0.4 is 4.74 Å². The molecule has 1 aromatic carbocycles. The van der Waals surface area contributed by atoms with Crippen LogP contribution in [0.15, 0.2) is 12.1 Å². The van der Waals surface area contributed by atoms with Crippen LogP contribution in [0.3, 0.4) is 0 Å². The van der Waals surface area contributed by atoms with E-state index < -0.39 is 11.6 Å². The molecule has 0 saturated carbocycles. The lowest BCUT2D eigenvalue weighted by Crippen LogP contribution is -1.98. The lowest BCUT2D eigenvalue weighted by atomic mass is 10.2.